The number of β-amino-alcohol motifs (C(OH)–C–C–N with tert-alkyl or cyclic N) is 1. The van der Waals surface area contributed by atoms with E-state index in [4.69, 9.17) is 23.9 Å². The summed E-state index contributed by atoms with van der Waals surface area (Å²) in [4.78, 5) is 26.2. The van der Waals surface area contributed by atoms with Crippen LogP contribution in [0.25, 0.3) is 11.3 Å². The highest BCUT2D eigenvalue weighted by atomic mass is 32.2. The lowest BCUT2D eigenvalue weighted by Gasteiger charge is -2.29. The molecule has 2 saturated heterocycles. The number of likely N-dealkylation sites (tertiary alicyclic amines) is 1. The molecule has 0 spiro atoms. The smallest absolute Gasteiger partial charge is 0.410 e. The van der Waals surface area contributed by atoms with E-state index in [1.807, 2.05) is 66.7 Å². The molecule has 1 aromatic heterocycles. The van der Waals surface area contributed by atoms with Crippen molar-refractivity contribution in [2.24, 2.45) is 0 Å². The van der Waals surface area contributed by atoms with Crippen LogP contribution in [-0.2, 0) is 22.7 Å². The van der Waals surface area contributed by atoms with Crippen LogP contribution in [0, 0.1) is 0 Å². The highest BCUT2D eigenvalue weighted by molar-refractivity contribution is 8.05. The number of aliphatic hydroxyl groups excluding tert-OH is 1. The molecule has 0 unspecified atom stereocenters. The van der Waals surface area contributed by atoms with Gasteiger partial charge in [0.2, 0.25) is 5.88 Å². The van der Waals surface area contributed by atoms with Gasteiger partial charge in [0.25, 0.3) is 0 Å². The Morgan fingerprint density at radius 1 is 0.868 bits per heavy atom. The first-order valence-electron chi connectivity index (χ1n) is 17.6. The summed E-state index contributed by atoms with van der Waals surface area (Å²) < 4.78 is 22.8. The van der Waals surface area contributed by atoms with Gasteiger partial charge in [-0.2, -0.15) is 0 Å². The van der Waals surface area contributed by atoms with Crippen molar-refractivity contribution in [2.45, 2.75) is 44.9 Å². The van der Waals surface area contributed by atoms with Gasteiger partial charge in [-0.05, 0) is 53.6 Å². The molecule has 4 heterocycles. The summed E-state index contributed by atoms with van der Waals surface area (Å²) in [5.41, 5.74) is 5.80. The standard InChI is InChI=1S/C41H40N4O6S2/c1-48-31-13-10-28(11-14-31)25-50-39-22-30(44-16-18-49-19-17-44)21-33(43-39)32-8-5-9-37-40(32)53-36-15-12-29(20-38(36)52-37)42-34-23-45(24-35(34)46)41(47)51-26-27-6-3-2-4-7-27/h2-15,20-22,34-35,42,46H,16-19,23-26H2,1H3/t34-,35-/m1/s1. The number of aromatic nitrogens is 1. The number of carbonyl (C=O) groups excluding carboxylic acids is 1. The fraction of sp³-hybridized carbons (Fsp3) is 0.268. The van der Waals surface area contributed by atoms with Crippen LogP contribution in [-0.4, -0.2) is 79.7 Å². The summed E-state index contributed by atoms with van der Waals surface area (Å²) in [5, 5.41) is 14.3. The van der Waals surface area contributed by atoms with E-state index in [2.05, 4.69) is 46.6 Å². The van der Waals surface area contributed by atoms with Crippen molar-refractivity contribution in [1.82, 2.24) is 9.88 Å². The number of morpholine rings is 1. The van der Waals surface area contributed by atoms with Gasteiger partial charge < -0.3 is 39.2 Å². The van der Waals surface area contributed by atoms with E-state index >= 15 is 0 Å². The first-order valence-corrected chi connectivity index (χ1v) is 19.3. The Labute approximate surface area is 317 Å². The monoisotopic (exact) mass is 748 g/mol. The molecule has 1 amide bonds. The molecule has 12 heteroatoms. The Hall–Kier alpha value is -4.88. The van der Waals surface area contributed by atoms with E-state index in [9.17, 15) is 9.90 Å². The second-order valence-electron chi connectivity index (χ2n) is 13.0. The van der Waals surface area contributed by atoms with E-state index in [0.717, 1.165) is 72.2 Å². The van der Waals surface area contributed by atoms with Gasteiger partial charge in [0.1, 0.15) is 19.0 Å². The third-order valence-corrected chi connectivity index (χ3v) is 12.0. The minimum absolute atomic E-state index is 0.197. The van der Waals surface area contributed by atoms with Crippen LogP contribution >= 0.6 is 23.5 Å². The number of hydrogen-bond acceptors (Lipinski definition) is 11. The number of nitrogens with zero attached hydrogens (tertiary/aromatic N) is 3. The van der Waals surface area contributed by atoms with Crippen molar-refractivity contribution >= 4 is 41.0 Å². The van der Waals surface area contributed by atoms with Crippen molar-refractivity contribution < 1.29 is 28.8 Å². The number of aliphatic hydroxyl groups is 1. The minimum Gasteiger partial charge on any atom is -0.497 e. The van der Waals surface area contributed by atoms with Crippen molar-refractivity contribution in [3.63, 3.8) is 0 Å². The minimum atomic E-state index is -0.716. The SMILES string of the molecule is COc1ccc(COc2cc(N3CCOCC3)cc(-c3cccc4c3Sc3ccc(N[C@@H]5CN(C(=O)OCc6ccccc6)C[C@H]5O)cc3S4)n2)cc1. The van der Waals surface area contributed by atoms with Crippen molar-refractivity contribution in [3.8, 4) is 22.9 Å². The Morgan fingerprint density at radius 2 is 1.68 bits per heavy atom. The summed E-state index contributed by atoms with van der Waals surface area (Å²) in [5.74, 6) is 1.37. The number of rotatable bonds is 10. The maximum atomic E-state index is 12.8. The van der Waals surface area contributed by atoms with Crippen LogP contribution in [0.5, 0.6) is 11.6 Å². The van der Waals surface area contributed by atoms with Gasteiger partial charge in [-0.25, -0.2) is 9.78 Å². The normalized spacial score (nSPS) is 17.8. The third-order valence-electron chi connectivity index (χ3n) is 9.44. The van der Waals surface area contributed by atoms with Crippen LogP contribution < -0.4 is 19.7 Å². The molecule has 2 atom stereocenters. The maximum absolute atomic E-state index is 12.8. The number of nitrogens with one attached hydrogen (secondary N) is 1. The molecule has 8 rings (SSSR count). The third kappa shape index (κ3) is 8.21. The van der Waals surface area contributed by atoms with E-state index < -0.39 is 12.2 Å². The largest absolute Gasteiger partial charge is 0.497 e. The quantitative estimate of drug-likeness (QED) is 0.145. The molecular weight excluding hydrogens is 709 g/mol. The molecule has 2 fully saturated rings. The topological polar surface area (TPSA) is 106 Å². The van der Waals surface area contributed by atoms with Crippen LogP contribution in [0.4, 0.5) is 16.2 Å². The van der Waals surface area contributed by atoms with Gasteiger partial charge in [-0.1, -0.05) is 78.1 Å². The number of benzene rings is 4. The van der Waals surface area contributed by atoms with Gasteiger partial charge >= 0.3 is 6.09 Å². The van der Waals surface area contributed by atoms with Crippen LogP contribution in [0.3, 0.4) is 0 Å². The number of ether oxygens (including phenoxy) is 4. The molecule has 3 aliphatic heterocycles. The number of pyridine rings is 1. The van der Waals surface area contributed by atoms with Gasteiger partial charge in [-0.3, -0.25) is 0 Å². The molecule has 2 N–H and O–H groups in total. The first-order chi connectivity index (χ1) is 26.0. The average Bonchev–Trinajstić information content (AvgIpc) is 3.58. The summed E-state index contributed by atoms with van der Waals surface area (Å²) in [6.45, 7) is 4.11. The van der Waals surface area contributed by atoms with Crippen molar-refractivity contribution in [1.29, 1.82) is 0 Å². The zero-order chi connectivity index (χ0) is 36.1. The molecule has 0 aliphatic carbocycles. The van der Waals surface area contributed by atoms with Gasteiger partial charge in [0.05, 0.1) is 44.7 Å². The Kier molecular flexibility index (Phi) is 10.6. The van der Waals surface area contributed by atoms with E-state index in [1.165, 1.54) is 0 Å². The summed E-state index contributed by atoms with van der Waals surface area (Å²) in [6.07, 6.45) is -1.14. The molecule has 53 heavy (non-hydrogen) atoms. The van der Waals surface area contributed by atoms with Gasteiger partial charge in [-0.15, -0.1) is 0 Å². The molecule has 5 aromatic rings. The zero-order valence-corrected chi connectivity index (χ0v) is 30.9. The predicted octanol–water partition coefficient (Wildman–Crippen LogP) is 7.58. The lowest BCUT2D eigenvalue weighted by Crippen LogP contribution is -2.36. The number of methoxy groups -OCH3 is 1. The lowest BCUT2D eigenvalue weighted by atomic mass is 10.1. The van der Waals surface area contributed by atoms with E-state index in [-0.39, 0.29) is 19.2 Å². The van der Waals surface area contributed by atoms with Crippen LogP contribution in [0.15, 0.2) is 123 Å². The lowest BCUT2D eigenvalue weighted by molar-refractivity contribution is 0.0971. The van der Waals surface area contributed by atoms with Crippen LogP contribution in [0.1, 0.15) is 11.1 Å². The molecule has 272 valence electrons. The summed E-state index contributed by atoms with van der Waals surface area (Å²) >= 11 is 3.45. The second kappa shape index (κ2) is 16.0. The predicted molar refractivity (Wildman–Crippen MR) is 206 cm³/mol. The zero-order valence-electron chi connectivity index (χ0n) is 29.3. The molecule has 4 aromatic carbocycles. The van der Waals surface area contributed by atoms with E-state index in [0.29, 0.717) is 32.2 Å². The number of amides is 1. The van der Waals surface area contributed by atoms with Gasteiger partial charge in [0, 0.05) is 62.2 Å². The highest BCUT2D eigenvalue weighted by Crippen LogP contribution is 2.52. The Morgan fingerprint density at radius 3 is 2.49 bits per heavy atom. The number of hydrogen-bond donors (Lipinski definition) is 2. The molecule has 0 radical (unpaired) electrons. The molecule has 10 nitrogen and oxygen atoms in total. The summed E-state index contributed by atoms with van der Waals surface area (Å²) in [7, 11) is 1.66. The molecule has 3 aliphatic rings. The number of fused-ring (bicyclic) bond motifs is 2. The second-order valence-corrected chi connectivity index (χ2v) is 15.2. The number of anilines is 2. The van der Waals surface area contributed by atoms with E-state index in [1.54, 1.807) is 35.5 Å². The fourth-order valence-electron chi connectivity index (χ4n) is 6.58. The molecular formula is C41H40N4O6S2. The Balaban J connectivity index is 0.979. The van der Waals surface area contributed by atoms with Gasteiger partial charge in [0.15, 0.2) is 0 Å². The Bertz CT molecular complexity index is 2060. The van der Waals surface area contributed by atoms with Crippen molar-refractivity contribution in [3.05, 3.63) is 114 Å². The highest BCUT2D eigenvalue weighted by Gasteiger charge is 2.35. The van der Waals surface area contributed by atoms with Crippen LogP contribution in [0.2, 0.25) is 0 Å². The molecule has 0 bridgehead atoms. The maximum Gasteiger partial charge on any atom is 0.410 e. The fourth-order valence-corrected chi connectivity index (χ4v) is 8.99. The number of carbonyl (C=O) groups is 1. The summed E-state index contributed by atoms with van der Waals surface area (Å²) in [6, 6.07) is 33.9. The molecule has 0 saturated carbocycles. The first kappa shape index (κ1) is 35.2. The average molecular weight is 749 g/mol. The van der Waals surface area contributed by atoms with Crippen molar-refractivity contribution in [2.75, 3.05) is 56.7 Å².